The van der Waals surface area contributed by atoms with Gasteiger partial charge in [0.15, 0.2) is 0 Å². The van der Waals surface area contributed by atoms with E-state index in [2.05, 4.69) is 44.8 Å². The van der Waals surface area contributed by atoms with Crippen LogP contribution >= 0.6 is 0 Å². The normalized spacial score (nSPS) is 23.4. The summed E-state index contributed by atoms with van der Waals surface area (Å²) in [6, 6.07) is 0.591. The number of rotatable bonds is 5. The number of nitrogens with one attached hydrogen (secondary N) is 1. The van der Waals surface area contributed by atoms with Crippen LogP contribution in [0.15, 0.2) is 0 Å². The van der Waals surface area contributed by atoms with Gasteiger partial charge < -0.3 is 15.0 Å². The van der Waals surface area contributed by atoms with E-state index in [0.29, 0.717) is 16.9 Å². The minimum Gasteiger partial charge on any atom is -0.385 e. The van der Waals surface area contributed by atoms with Gasteiger partial charge in [-0.15, -0.1) is 0 Å². The van der Waals surface area contributed by atoms with Gasteiger partial charge in [0.1, 0.15) is 0 Å². The molecule has 0 aromatic rings. The molecule has 0 spiro atoms. The lowest BCUT2D eigenvalue weighted by Crippen LogP contribution is -2.48. The fourth-order valence-electron chi connectivity index (χ4n) is 2.78. The van der Waals surface area contributed by atoms with Gasteiger partial charge in [0.25, 0.3) is 0 Å². The lowest BCUT2D eigenvalue weighted by Gasteiger charge is -2.37. The topological polar surface area (TPSA) is 24.5 Å². The Morgan fingerprint density at radius 1 is 1.21 bits per heavy atom. The van der Waals surface area contributed by atoms with Crippen molar-refractivity contribution in [2.75, 3.05) is 39.9 Å². The van der Waals surface area contributed by atoms with Crippen LogP contribution in [0, 0.1) is 10.8 Å². The van der Waals surface area contributed by atoms with Crippen molar-refractivity contribution >= 4 is 0 Å². The van der Waals surface area contributed by atoms with Crippen molar-refractivity contribution in [3.63, 3.8) is 0 Å². The molecule has 0 radical (unpaired) electrons. The molecule has 3 nitrogen and oxygen atoms in total. The Kier molecular flexibility index (Phi) is 6.28. The molecule has 0 aromatic heterocycles. The first kappa shape index (κ1) is 16.9. The van der Waals surface area contributed by atoms with Crippen molar-refractivity contribution in [1.29, 1.82) is 0 Å². The van der Waals surface area contributed by atoms with E-state index in [1.54, 1.807) is 7.11 Å². The molecular weight excluding hydrogens is 236 g/mol. The summed E-state index contributed by atoms with van der Waals surface area (Å²) in [5.74, 6) is 0. The summed E-state index contributed by atoms with van der Waals surface area (Å²) in [7, 11) is 1.79. The molecule has 1 atom stereocenters. The molecule has 3 heteroatoms. The third-order valence-electron chi connectivity index (χ3n) is 4.16. The molecule has 1 unspecified atom stereocenters. The predicted octanol–water partition coefficient (Wildman–Crippen LogP) is 2.76. The molecule has 0 aliphatic carbocycles. The third kappa shape index (κ3) is 6.24. The molecule has 1 fully saturated rings. The van der Waals surface area contributed by atoms with Gasteiger partial charge >= 0.3 is 0 Å². The highest BCUT2D eigenvalue weighted by Gasteiger charge is 2.30. The molecule has 0 saturated carbocycles. The van der Waals surface area contributed by atoms with E-state index in [1.165, 1.54) is 26.1 Å². The van der Waals surface area contributed by atoms with Gasteiger partial charge in [0.2, 0.25) is 0 Å². The number of methoxy groups -OCH3 is 1. The van der Waals surface area contributed by atoms with Gasteiger partial charge in [0, 0.05) is 32.8 Å². The largest absolute Gasteiger partial charge is 0.385 e. The maximum atomic E-state index is 5.24. The van der Waals surface area contributed by atoms with Crippen LogP contribution in [0.4, 0.5) is 0 Å². The van der Waals surface area contributed by atoms with Crippen molar-refractivity contribution in [3.8, 4) is 0 Å². The Balaban J connectivity index is 2.56. The van der Waals surface area contributed by atoms with Gasteiger partial charge in [-0.05, 0) is 36.8 Å². The van der Waals surface area contributed by atoms with Gasteiger partial charge in [-0.25, -0.2) is 0 Å². The molecule has 0 amide bonds. The second-order valence-electron chi connectivity index (χ2n) is 7.87. The van der Waals surface area contributed by atoms with E-state index >= 15 is 0 Å². The Hall–Kier alpha value is -0.120. The standard InChI is InChI=1S/C16H34N2O/c1-15(2,3)14-12-18(10-7-9-17-14)13-16(4,5)8-11-19-6/h14,17H,7-13H2,1-6H3. The van der Waals surface area contributed by atoms with Crippen LogP contribution in [0.25, 0.3) is 0 Å². The Labute approximate surface area is 120 Å². The maximum Gasteiger partial charge on any atom is 0.0467 e. The van der Waals surface area contributed by atoms with Crippen LogP contribution in [0.3, 0.4) is 0 Å². The average molecular weight is 270 g/mol. The molecule has 114 valence electrons. The molecule has 1 aliphatic heterocycles. The van der Waals surface area contributed by atoms with Gasteiger partial charge in [-0.3, -0.25) is 0 Å². The third-order valence-corrected chi connectivity index (χ3v) is 4.16. The fraction of sp³-hybridized carbons (Fsp3) is 1.00. The van der Waals surface area contributed by atoms with E-state index in [1.807, 2.05) is 0 Å². The lowest BCUT2D eigenvalue weighted by atomic mass is 9.85. The van der Waals surface area contributed by atoms with Crippen molar-refractivity contribution in [2.24, 2.45) is 10.8 Å². The van der Waals surface area contributed by atoms with Crippen LogP contribution < -0.4 is 5.32 Å². The smallest absolute Gasteiger partial charge is 0.0467 e. The molecule has 1 N–H and O–H groups in total. The Bertz CT molecular complexity index is 258. The fourth-order valence-corrected chi connectivity index (χ4v) is 2.78. The van der Waals surface area contributed by atoms with Crippen LogP contribution in [-0.4, -0.2) is 50.8 Å². The summed E-state index contributed by atoms with van der Waals surface area (Å²) in [4.78, 5) is 2.64. The second-order valence-corrected chi connectivity index (χ2v) is 7.87. The van der Waals surface area contributed by atoms with Crippen molar-refractivity contribution in [1.82, 2.24) is 10.2 Å². The summed E-state index contributed by atoms with van der Waals surface area (Å²) in [6.07, 6.45) is 2.39. The molecule has 1 rings (SSSR count). The maximum absolute atomic E-state index is 5.24. The molecule has 0 bridgehead atoms. The second kappa shape index (κ2) is 7.05. The minimum absolute atomic E-state index is 0.333. The monoisotopic (exact) mass is 270 g/mol. The highest BCUT2D eigenvalue weighted by Crippen LogP contribution is 2.26. The van der Waals surface area contributed by atoms with E-state index < -0.39 is 0 Å². The molecule has 19 heavy (non-hydrogen) atoms. The molecule has 1 heterocycles. The average Bonchev–Trinajstić information content (AvgIpc) is 2.51. The molecule has 0 aromatic carbocycles. The summed E-state index contributed by atoms with van der Waals surface area (Å²) in [5, 5.41) is 3.71. The number of nitrogens with zero attached hydrogens (tertiary/aromatic N) is 1. The van der Waals surface area contributed by atoms with Crippen LogP contribution in [0.1, 0.15) is 47.5 Å². The summed E-state index contributed by atoms with van der Waals surface area (Å²) >= 11 is 0. The first-order chi connectivity index (χ1) is 8.74. The number of ether oxygens (including phenoxy) is 1. The Morgan fingerprint density at radius 2 is 1.89 bits per heavy atom. The van der Waals surface area contributed by atoms with Crippen molar-refractivity contribution in [2.45, 2.75) is 53.5 Å². The van der Waals surface area contributed by atoms with Crippen LogP contribution in [-0.2, 0) is 4.74 Å². The quantitative estimate of drug-likeness (QED) is 0.831. The highest BCUT2D eigenvalue weighted by molar-refractivity contribution is 4.87. The first-order valence-electron chi connectivity index (χ1n) is 7.69. The zero-order valence-corrected chi connectivity index (χ0v) is 13.9. The van der Waals surface area contributed by atoms with Crippen molar-refractivity contribution in [3.05, 3.63) is 0 Å². The van der Waals surface area contributed by atoms with Gasteiger partial charge in [0.05, 0.1) is 0 Å². The van der Waals surface area contributed by atoms with Gasteiger partial charge in [-0.1, -0.05) is 34.6 Å². The number of hydrogen-bond acceptors (Lipinski definition) is 3. The SMILES string of the molecule is COCCC(C)(C)CN1CCCNC(C(C)(C)C)C1. The molecule has 1 aliphatic rings. The number of hydrogen-bond donors (Lipinski definition) is 1. The summed E-state index contributed by atoms with van der Waals surface area (Å²) < 4.78 is 5.24. The first-order valence-corrected chi connectivity index (χ1v) is 7.69. The van der Waals surface area contributed by atoms with Crippen molar-refractivity contribution < 1.29 is 4.74 Å². The minimum atomic E-state index is 0.333. The van der Waals surface area contributed by atoms with E-state index in [-0.39, 0.29) is 0 Å². The lowest BCUT2D eigenvalue weighted by molar-refractivity contribution is 0.106. The van der Waals surface area contributed by atoms with Gasteiger partial charge in [-0.2, -0.15) is 0 Å². The van der Waals surface area contributed by atoms with Crippen LogP contribution in [0.5, 0.6) is 0 Å². The summed E-state index contributed by atoms with van der Waals surface area (Å²) in [6.45, 7) is 17.3. The summed E-state index contributed by atoms with van der Waals surface area (Å²) in [5.41, 5.74) is 0.669. The Morgan fingerprint density at radius 3 is 2.47 bits per heavy atom. The van der Waals surface area contributed by atoms with E-state index in [4.69, 9.17) is 4.74 Å². The highest BCUT2D eigenvalue weighted by atomic mass is 16.5. The van der Waals surface area contributed by atoms with Crippen LogP contribution in [0.2, 0.25) is 0 Å². The predicted molar refractivity (Wildman–Crippen MR) is 82.6 cm³/mol. The molecule has 1 saturated heterocycles. The van der Waals surface area contributed by atoms with E-state index in [9.17, 15) is 0 Å². The van der Waals surface area contributed by atoms with E-state index in [0.717, 1.165) is 19.6 Å². The molecular formula is C16H34N2O. The zero-order chi connectivity index (χ0) is 14.5. The zero-order valence-electron chi connectivity index (χ0n) is 13.9.